The summed E-state index contributed by atoms with van der Waals surface area (Å²) in [5, 5.41) is 0. The Labute approximate surface area is 150 Å². The fourth-order valence-electron chi connectivity index (χ4n) is 4.40. The van der Waals surface area contributed by atoms with E-state index in [4.69, 9.17) is 14.2 Å². The Kier molecular flexibility index (Phi) is 5.66. The third-order valence-electron chi connectivity index (χ3n) is 5.78. The molecule has 1 aromatic heterocycles. The summed E-state index contributed by atoms with van der Waals surface area (Å²) in [5.74, 6) is 0.642. The minimum absolute atomic E-state index is 0.193. The summed E-state index contributed by atoms with van der Waals surface area (Å²) in [6.07, 6.45) is 5.01. The van der Waals surface area contributed by atoms with E-state index in [1.807, 2.05) is 0 Å². The van der Waals surface area contributed by atoms with Gasteiger partial charge >= 0.3 is 0 Å². The van der Waals surface area contributed by atoms with Gasteiger partial charge < -0.3 is 14.2 Å². The van der Waals surface area contributed by atoms with Crippen molar-refractivity contribution in [1.82, 2.24) is 9.88 Å². The molecular formula is C20H30N2O3. The molecule has 5 nitrogen and oxygen atoms in total. The van der Waals surface area contributed by atoms with E-state index in [2.05, 4.69) is 35.0 Å². The number of rotatable bonds is 5. The molecular weight excluding hydrogens is 316 g/mol. The number of fused-ring (bicyclic) bond motifs is 1. The molecule has 4 heterocycles. The van der Waals surface area contributed by atoms with Gasteiger partial charge in [0.2, 0.25) is 0 Å². The molecule has 0 aliphatic carbocycles. The van der Waals surface area contributed by atoms with Crippen molar-refractivity contribution in [1.29, 1.82) is 0 Å². The van der Waals surface area contributed by atoms with Gasteiger partial charge in [-0.05, 0) is 50.7 Å². The summed E-state index contributed by atoms with van der Waals surface area (Å²) >= 11 is 0. The smallest absolute Gasteiger partial charge is 0.100 e. The number of hydrogen-bond acceptors (Lipinski definition) is 5. The molecule has 3 aliphatic rings. The lowest BCUT2D eigenvalue weighted by molar-refractivity contribution is -0.0892. The van der Waals surface area contributed by atoms with Crippen LogP contribution in [0.1, 0.15) is 37.1 Å². The van der Waals surface area contributed by atoms with E-state index in [0.29, 0.717) is 12.0 Å². The minimum atomic E-state index is 0.193. The molecule has 3 saturated heterocycles. The molecule has 4 rings (SSSR count). The van der Waals surface area contributed by atoms with Crippen LogP contribution in [0.15, 0.2) is 18.2 Å². The van der Waals surface area contributed by atoms with Crippen LogP contribution in [0.3, 0.4) is 0 Å². The van der Waals surface area contributed by atoms with Gasteiger partial charge in [0, 0.05) is 44.6 Å². The van der Waals surface area contributed by atoms with Gasteiger partial charge in [-0.15, -0.1) is 0 Å². The van der Waals surface area contributed by atoms with Gasteiger partial charge in [-0.25, -0.2) is 0 Å². The molecule has 1 aromatic rings. The number of hydrogen-bond donors (Lipinski definition) is 0. The highest BCUT2D eigenvalue weighted by Crippen LogP contribution is 2.32. The first-order chi connectivity index (χ1) is 12.3. The Morgan fingerprint density at radius 1 is 1.20 bits per heavy atom. The van der Waals surface area contributed by atoms with Gasteiger partial charge in [0.15, 0.2) is 0 Å². The van der Waals surface area contributed by atoms with Crippen molar-refractivity contribution in [3.05, 3.63) is 29.6 Å². The standard InChI is InChI=1S/C20H30N2O3/c1-15-4-2-5-17(21-15)12-22-13-19(20-18(22)6-3-9-24-20)25-14-16-7-10-23-11-8-16/h2,4-5,16,18-20H,3,6-14H2,1H3/t18-,19-,20+/m1/s1. The Morgan fingerprint density at radius 3 is 2.92 bits per heavy atom. The highest BCUT2D eigenvalue weighted by molar-refractivity contribution is 5.11. The van der Waals surface area contributed by atoms with Crippen LogP contribution in [0, 0.1) is 12.8 Å². The molecule has 0 N–H and O–H groups in total. The monoisotopic (exact) mass is 346 g/mol. The lowest BCUT2D eigenvalue weighted by Gasteiger charge is -2.32. The molecule has 0 unspecified atom stereocenters. The summed E-state index contributed by atoms with van der Waals surface area (Å²) < 4.78 is 18.0. The number of ether oxygens (including phenoxy) is 3. The van der Waals surface area contributed by atoms with Crippen molar-refractivity contribution in [2.24, 2.45) is 5.92 Å². The van der Waals surface area contributed by atoms with E-state index in [0.717, 1.165) is 70.2 Å². The van der Waals surface area contributed by atoms with Crippen molar-refractivity contribution >= 4 is 0 Å². The van der Waals surface area contributed by atoms with Gasteiger partial charge in [0.25, 0.3) is 0 Å². The molecule has 3 atom stereocenters. The molecule has 0 amide bonds. The second-order valence-corrected chi connectivity index (χ2v) is 7.67. The normalized spacial score (nSPS) is 31.2. The second kappa shape index (κ2) is 8.12. The van der Waals surface area contributed by atoms with E-state index in [1.54, 1.807) is 0 Å². The number of nitrogens with zero attached hydrogens (tertiary/aromatic N) is 2. The van der Waals surface area contributed by atoms with Crippen LogP contribution in [0.25, 0.3) is 0 Å². The van der Waals surface area contributed by atoms with E-state index in [-0.39, 0.29) is 12.2 Å². The minimum Gasteiger partial charge on any atom is -0.381 e. The van der Waals surface area contributed by atoms with Crippen molar-refractivity contribution in [3.63, 3.8) is 0 Å². The zero-order valence-corrected chi connectivity index (χ0v) is 15.2. The Balaban J connectivity index is 1.38. The zero-order valence-electron chi connectivity index (χ0n) is 15.2. The summed E-state index contributed by atoms with van der Waals surface area (Å²) in [6.45, 7) is 7.38. The summed E-state index contributed by atoms with van der Waals surface area (Å²) in [6, 6.07) is 6.75. The van der Waals surface area contributed by atoms with Crippen molar-refractivity contribution in [2.45, 2.75) is 57.4 Å². The van der Waals surface area contributed by atoms with E-state index in [9.17, 15) is 0 Å². The van der Waals surface area contributed by atoms with Gasteiger partial charge in [0.1, 0.15) is 6.10 Å². The summed E-state index contributed by atoms with van der Waals surface area (Å²) in [7, 11) is 0. The first kappa shape index (κ1) is 17.4. The van der Waals surface area contributed by atoms with Crippen LogP contribution in [0.4, 0.5) is 0 Å². The largest absolute Gasteiger partial charge is 0.381 e. The van der Waals surface area contributed by atoms with Crippen molar-refractivity contribution in [3.8, 4) is 0 Å². The first-order valence-corrected chi connectivity index (χ1v) is 9.77. The van der Waals surface area contributed by atoms with Crippen molar-refractivity contribution < 1.29 is 14.2 Å². The average Bonchev–Trinajstić information content (AvgIpc) is 2.99. The van der Waals surface area contributed by atoms with Crippen LogP contribution in [-0.4, -0.2) is 61.1 Å². The van der Waals surface area contributed by atoms with Crippen molar-refractivity contribution in [2.75, 3.05) is 33.0 Å². The zero-order chi connectivity index (χ0) is 17.1. The quantitative estimate of drug-likeness (QED) is 0.820. The van der Waals surface area contributed by atoms with Gasteiger partial charge in [-0.3, -0.25) is 9.88 Å². The van der Waals surface area contributed by atoms with E-state index >= 15 is 0 Å². The third-order valence-corrected chi connectivity index (χ3v) is 5.78. The SMILES string of the molecule is Cc1cccc(CN2C[C@@H](OCC3CCOCC3)[C@H]3OCCC[C@H]32)n1. The Hall–Kier alpha value is -1.01. The summed E-state index contributed by atoms with van der Waals surface area (Å²) in [5.41, 5.74) is 2.23. The topological polar surface area (TPSA) is 43.8 Å². The number of pyridine rings is 1. The van der Waals surface area contributed by atoms with Gasteiger partial charge in [-0.2, -0.15) is 0 Å². The molecule has 0 radical (unpaired) electrons. The fraction of sp³-hybridized carbons (Fsp3) is 0.750. The molecule has 0 spiro atoms. The highest BCUT2D eigenvalue weighted by atomic mass is 16.5. The van der Waals surface area contributed by atoms with E-state index < -0.39 is 0 Å². The molecule has 0 bridgehead atoms. The Morgan fingerprint density at radius 2 is 2.08 bits per heavy atom. The molecule has 138 valence electrons. The molecule has 5 heteroatoms. The number of aromatic nitrogens is 1. The maximum atomic E-state index is 6.36. The highest BCUT2D eigenvalue weighted by Gasteiger charge is 2.44. The van der Waals surface area contributed by atoms with Crippen LogP contribution >= 0.6 is 0 Å². The summed E-state index contributed by atoms with van der Waals surface area (Å²) in [4.78, 5) is 7.21. The molecule has 3 fully saturated rings. The predicted octanol–water partition coefficient (Wildman–Crippen LogP) is 2.57. The maximum absolute atomic E-state index is 6.36. The number of likely N-dealkylation sites (tertiary alicyclic amines) is 1. The fourth-order valence-corrected chi connectivity index (χ4v) is 4.40. The van der Waals surface area contributed by atoms with Gasteiger partial charge in [-0.1, -0.05) is 6.07 Å². The lowest BCUT2D eigenvalue weighted by Crippen LogP contribution is -2.42. The predicted molar refractivity (Wildman–Crippen MR) is 95.4 cm³/mol. The maximum Gasteiger partial charge on any atom is 0.100 e. The molecule has 3 aliphatic heterocycles. The molecule has 25 heavy (non-hydrogen) atoms. The van der Waals surface area contributed by atoms with Crippen LogP contribution in [-0.2, 0) is 20.8 Å². The van der Waals surface area contributed by atoms with Crippen LogP contribution < -0.4 is 0 Å². The van der Waals surface area contributed by atoms with Crippen LogP contribution in [0.2, 0.25) is 0 Å². The van der Waals surface area contributed by atoms with Crippen LogP contribution in [0.5, 0.6) is 0 Å². The number of aryl methyl sites for hydroxylation is 1. The molecule has 0 saturated carbocycles. The Bertz CT molecular complexity index is 562. The molecule has 0 aromatic carbocycles. The lowest BCUT2D eigenvalue weighted by atomic mass is 10.0. The third kappa shape index (κ3) is 4.22. The van der Waals surface area contributed by atoms with Gasteiger partial charge in [0.05, 0.1) is 18.4 Å². The first-order valence-electron chi connectivity index (χ1n) is 9.77. The van der Waals surface area contributed by atoms with E-state index in [1.165, 1.54) is 6.42 Å². The average molecular weight is 346 g/mol. The second-order valence-electron chi connectivity index (χ2n) is 7.67.